The van der Waals surface area contributed by atoms with Crippen molar-refractivity contribution >= 4 is 12.2 Å². The third kappa shape index (κ3) is 13.3. The van der Waals surface area contributed by atoms with Crippen LogP contribution in [-0.2, 0) is 12.8 Å². The van der Waals surface area contributed by atoms with Gasteiger partial charge in [-0.3, -0.25) is 0 Å². The number of hydrogen-bond donors (Lipinski definition) is 2. The van der Waals surface area contributed by atoms with E-state index in [-0.39, 0.29) is 12.2 Å². The number of hydrogen-bond acceptors (Lipinski definition) is 4. The normalized spacial score (nSPS) is 16.9. The monoisotopic (exact) mass is 675 g/mol. The largest absolute Gasteiger partial charge is 0.413 e. The summed E-state index contributed by atoms with van der Waals surface area (Å²) >= 11 is 0. The van der Waals surface area contributed by atoms with E-state index >= 15 is 0 Å². The molecule has 2 amide bonds. The smallest absolute Gasteiger partial charge is 0.410 e. The number of para-hydroxylation sites is 2. The Kier molecular flexibility index (Phi) is 16.8. The zero-order valence-corrected chi connectivity index (χ0v) is 30.9. The summed E-state index contributed by atoms with van der Waals surface area (Å²) in [4.78, 5) is 27.3. The summed E-state index contributed by atoms with van der Waals surface area (Å²) in [6.07, 6.45) is 26.7. The molecule has 272 valence electrons. The van der Waals surface area contributed by atoms with Gasteiger partial charge in [-0.2, -0.15) is 0 Å². The van der Waals surface area contributed by atoms with Crippen molar-refractivity contribution in [3.8, 4) is 11.5 Å². The average molecular weight is 675 g/mol. The summed E-state index contributed by atoms with van der Waals surface area (Å²) in [5.41, 5.74) is 1.33. The third-order valence-corrected chi connectivity index (χ3v) is 11.0. The standard InChI is InChI=1S/C43H66N2O4/c1-3-5-7-9-11-15-25-36-27-17-19-29-38(36)48-40(46)44-42(31-21-13-22-32-42)35-43(33-23-14-24-34-43)45-41(47)49-39-30-20-18-28-37(39)26-16-12-10-8-6-4-2/h17-20,27-30H,3-16,21-26,31-35H2,1-2H3,(H,44,46)(H,45,47). The fourth-order valence-corrected chi connectivity index (χ4v) is 8.29. The number of carbonyl (C=O) groups excluding carboxylic acids is 2. The van der Waals surface area contributed by atoms with Crippen LogP contribution in [0.4, 0.5) is 9.59 Å². The number of carbonyl (C=O) groups is 2. The molecule has 0 radical (unpaired) electrons. The van der Waals surface area contributed by atoms with Gasteiger partial charge in [0.15, 0.2) is 0 Å². The van der Waals surface area contributed by atoms with Gasteiger partial charge >= 0.3 is 12.2 Å². The van der Waals surface area contributed by atoms with E-state index in [0.717, 1.165) is 101 Å². The van der Waals surface area contributed by atoms with Crippen molar-refractivity contribution in [1.82, 2.24) is 10.6 Å². The van der Waals surface area contributed by atoms with E-state index in [0.29, 0.717) is 17.9 Å². The highest BCUT2D eigenvalue weighted by molar-refractivity contribution is 5.73. The van der Waals surface area contributed by atoms with Crippen LogP contribution in [0, 0.1) is 0 Å². The zero-order valence-electron chi connectivity index (χ0n) is 30.9. The van der Waals surface area contributed by atoms with Gasteiger partial charge in [0, 0.05) is 11.1 Å². The number of amides is 2. The summed E-state index contributed by atoms with van der Waals surface area (Å²) in [6.45, 7) is 4.49. The van der Waals surface area contributed by atoms with Gasteiger partial charge in [-0.1, -0.05) is 153 Å². The first-order chi connectivity index (χ1) is 24.0. The van der Waals surface area contributed by atoms with Gasteiger partial charge < -0.3 is 20.1 Å². The van der Waals surface area contributed by atoms with Gasteiger partial charge in [0.05, 0.1) is 0 Å². The fourth-order valence-electron chi connectivity index (χ4n) is 8.29. The predicted octanol–water partition coefficient (Wildman–Crippen LogP) is 12.2. The van der Waals surface area contributed by atoms with Gasteiger partial charge in [-0.05, 0) is 81.0 Å². The minimum atomic E-state index is -0.427. The van der Waals surface area contributed by atoms with Gasteiger partial charge in [-0.25, -0.2) is 9.59 Å². The van der Waals surface area contributed by atoms with Crippen LogP contribution in [0.2, 0.25) is 0 Å². The molecule has 2 fully saturated rings. The van der Waals surface area contributed by atoms with Crippen LogP contribution in [0.25, 0.3) is 0 Å². The molecular formula is C43H66N2O4. The molecule has 2 aromatic rings. The molecule has 6 nitrogen and oxygen atoms in total. The molecule has 0 saturated heterocycles. The number of benzene rings is 2. The highest BCUT2D eigenvalue weighted by atomic mass is 16.6. The number of aryl methyl sites for hydroxylation is 2. The van der Waals surface area contributed by atoms with E-state index in [1.165, 1.54) is 64.2 Å². The molecule has 0 aliphatic heterocycles. The summed E-state index contributed by atoms with van der Waals surface area (Å²) in [7, 11) is 0. The zero-order chi connectivity index (χ0) is 34.6. The number of rotatable bonds is 20. The maximum Gasteiger partial charge on any atom is 0.413 e. The van der Waals surface area contributed by atoms with Crippen LogP contribution in [0.1, 0.15) is 173 Å². The van der Waals surface area contributed by atoms with Gasteiger partial charge in [0.25, 0.3) is 0 Å². The SMILES string of the molecule is CCCCCCCCc1ccccc1OC(=O)NC1(CC2(NC(=O)Oc3ccccc3CCCCCCCC)CCCCC2)CCCCC1. The van der Waals surface area contributed by atoms with E-state index in [2.05, 4.69) is 36.6 Å². The minimum absolute atomic E-state index is 0.380. The second-order valence-corrected chi connectivity index (χ2v) is 15.1. The third-order valence-electron chi connectivity index (χ3n) is 11.0. The topological polar surface area (TPSA) is 76.7 Å². The van der Waals surface area contributed by atoms with Crippen LogP contribution in [-0.4, -0.2) is 23.3 Å². The molecule has 2 saturated carbocycles. The van der Waals surface area contributed by atoms with Crippen LogP contribution in [0.5, 0.6) is 11.5 Å². The van der Waals surface area contributed by atoms with Crippen molar-refractivity contribution in [3.05, 3.63) is 59.7 Å². The molecule has 6 heteroatoms. The molecule has 0 heterocycles. The molecule has 0 unspecified atom stereocenters. The quantitative estimate of drug-likeness (QED) is 0.137. The average Bonchev–Trinajstić information content (AvgIpc) is 3.09. The molecule has 4 rings (SSSR count). The van der Waals surface area contributed by atoms with Crippen molar-refractivity contribution in [2.75, 3.05) is 0 Å². The van der Waals surface area contributed by atoms with Crippen molar-refractivity contribution in [2.45, 2.75) is 185 Å². The molecule has 0 spiro atoms. The van der Waals surface area contributed by atoms with E-state index in [1.54, 1.807) is 0 Å². The molecule has 0 bridgehead atoms. The highest BCUT2D eigenvalue weighted by Crippen LogP contribution is 2.41. The molecule has 2 aliphatic carbocycles. The first-order valence-electron chi connectivity index (χ1n) is 20.1. The van der Waals surface area contributed by atoms with Crippen molar-refractivity contribution in [2.24, 2.45) is 0 Å². The predicted molar refractivity (Wildman–Crippen MR) is 202 cm³/mol. The first kappa shape index (κ1) is 38.8. The van der Waals surface area contributed by atoms with Crippen molar-refractivity contribution in [1.29, 1.82) is 0 Å². The van der Waals surface area contributed by atoms with Crippen LogP contribution in [0.15, 0.2) is 48.5 Å². The highest BCUT2D eigenvalue weighted by Gasteiger charge is 2.45. The number of ether oxygens (including phenoxy) is 2. The molecule has 2 aromatic carbocycles. The second kappa shape index (κ2) is 21.3. The Hall–Kier alpha value is -3.02. The molecule has 0 atom stereocenters. The van der Waals surface area contributed by atoms with Crippen molar-refractivity contribution < 1.29 is 19.1 Å². The first-order valence-corrected chi connectivity index (χ1v) is 20.1. The van der Waals surface area contributed by atoms with Gasteiger partial charge in [0.1, 0.15) is 11.5 Å². The molecule has 49 heavy (non-hydrogen) atoms. The molecule has 0 aromatic heterocycles. The van der Waals surface area contributed by atoms with E-state index in [1.807, 2.05) is 36.4 Å². The minimum Gasteiger partial charge on any atom is -0.410 e. The van der Waals surface area contributed by atoms with E-state index in [4.69, 9.17) is 9.47 Å². The Balaban J connectivity index is 1.39. The summed E-state index contributed by atoms with van der Waals surface area (Å²) in [6, 6.07) is 16.0. The van der Waals surface area contributed by atoms with Crippen LogP contribution < -0.4 is 20.1 Å². The number of nitrogens with one attached hydrogen (secondary N) is 2. The molecule has 2 aliphatic rings. The lowest BCUT2D eigenvalue weighted by atomic mass is 9.68. The Morgan fingerprint density at radius 3 is 1.31 bits per heavy atom. The Morgan fingerprint density at radius 2 is 0.898 bits per heavy atom. The van der Waals surface area contributed by atoms with Crippen LogP contribution in [0.3, 0.4) is 0 Å². The summed E-state index contributed by atoms with van der Waals surface area (Å²) in [5.74, 6) is 1.32. The lowest BCUT2D eigenvalue weighted by Crippen LogP contribution is -2.60. The lowest BCUT2D eigenvalue weighted by Gasteiger charge is -2.47. The summed E-state index contributed by atoms with van der Waals surface area (Å²) < 4.78 is 12.1. The maximum absolute atomic E-state index is 13.6. The molecular weight excluding hydrogens is 608 g/mol. The maximum atomic E-state index is 13.6. The van der Waals surface area contributed by atoms with E-state index < -0.39 is 11.1 Å². The second-order valence-electron chi connectivity index (χ2n) is 15.1. The number of unbranched alkanes of at least 4 members (excludes halogenated alkanes) is 10. The Morgan fingerprint density at radius 1 is 0.531 bits per heavy atom. The fraction of sp³-hybridized carbons (Fsp3) is 0.674. The van der Waals surface area contributed by atoms with Crippen molar-refractivity contribution in [3.63, 3.8) is 0 Å². The van der Waals surface area contributed by atoms with E-state index in [9.17, 15) is 9.59 Å². The molecule has 2 N–H and O–H groups in total. The van der Waals surface area contributed by atoms with Gasteiger partial charge in [-0.15, -0.1) is 0 Å². The lowest BCUT2D eigenvalue weighted by molar-refractivity contribution is 0.107. The Bertz CT molecular complexity index is 1150. The van der Waals surface area contributed by atoms with Crippen LogP contribution >= 0.6 is 0 Å². The van der Waals surface area contributed by atoms with Gasteiger partial charge in [0.2, 0.25) is 0 Å². The Labute approximate surface area is 297 Å². The summed E-state index contributed by atoms with van der Waals surface area (Å²) in [5, 5.41) is 6.78.